The summed E-state index contributed by atoms with van der Waals surface area (Å²) in [7, 11) is -3.23. The molecule has 0 aliphatic heterocycles. The van der Waals surface area contributed by atoms with E-state index in [9.17, 15) is 8.42 Å². The van der Waals surface area contributed by atoms with Gasteiger partial charge in [-0.1, -0.05) is 23.7 Å². The molecule has 0 saturated carbocycles. The lowest BCUT2D eigenvalue weighted by Crippen LogP contribution is -1.97. The van der Waals surface area contributed by atoms with Crippen LogP contribution in [-0.4, -0.2) is 24.6 Å². The zero-order valence-electron chi connectivity index (χ0n) is 13.2. The first-order valence-corrected chi connectivity index (χ1v) is 9.50. The van der Waals surface area contributed by atoms with E-state index >= 15 is 0 Å². The van der Waals surface area contributed by atoms with Crippen molar-refractivity contribution in [2.45, 2.75) is 11.8 Å². The predicted molar refractivity (Wildman–Crippen MR) is 95.8 cm³/mol. The number of rotatable bonds is 3. The average Bonchev–Trinajstić information content (AvgIpc) is 2.55. The highest BCUT2D eigenvalue weighted by atomic mass is 35.5. The number of hydrogen-bond acceptors (Lipinski definition) is 4. The highest BCUT2D eigenvalue weighted by Crippen LogP contribution is 2.32. The van der Waals surface area contributed by atoms with E-state index in [1.165, 1.54) is 6.26 Å². The third kappa shape index (κ3) is 3.47. The van der Waals surface area contributed by atoms with Crippen LogP contribution >= 0.6 is 11.6 Å². The summed E-state index contributed by atoms with van der Waals surface area (Å²) >= 11 is 6.11. The van der Waals surface area contributed by atoms with Crippen LogP contribution in [0.4, 0.5) is 0 Å². The zero-order valence-corrected chi connectivity index (χ0v) is 14.8. The minimum atomic E-state index is -3.23. The van der Waals surface area contributed by atoms with Gasteiger partial charge in [0.05, 0.1) is 15.6 Å². The molecule has 0 fully saturated rings. The van der Waals surface area contributed by atoms with Gasteiger partial charge in [0.1, 0.15) is 0 Å². The molecule has 4 nitrogen and oxygen atoms in total. The molecule has 3 rings (SSSR count). The van der Waals surface area contributed by atoms with Gasteiger partial charge < -0.3 is 0 Å². The van der Waals surface area contributed by atoms with E-state index in [2.05, 4.69) is 9.97 Å². The Labute approximate surface area is 146 Å². The molecule has 2 aromatic heterocycles. The molecule has 0 N–H and O–H groups in total. The van der Waals surface area contributed by atoms with Gasteiger partial charge in [-0.25, -0.2) is 8.42 Å². The Hall–Kier alpha value is -2.24. The molecule has 6 heteroatoms. The molecule has 3 aromatic rings. The largest absolute Gasteiger partial charge is 0.261 e. The third-order valence-corrected chi connectivity index (χ3v) is 4.97. The van der Waals surface area contributed by atoms with Crippen molar-refractivity contribution in [2.24, 2.45) is 0 Å². The van der Waals surface area contributed by atoms with Crippen LogP contribution in [0.25, 0.3) is 22.4 Å². The summed E-state index contributed by atoms with van der Waals surface area (Å²) in [6.07, 6.45) is 4.54. The van der Waals surface area contributed by atoms with Gasteiger partial charge in [0.2, 0.25) is 0 Å². The van der Waals surface area contributed by atoms with E-state index in [0.717, 1.165) is 28.1 Å². The Morgan fingerprint density at radius 1 is 0.917 bits per heavy atom. The molecule has 122 valence electrons. The first-order valence-electron chi connectivity index (χ1n) is 7.24. The van der Waals surface area contributed by atoms with Crippen LogP contribution in [0, 0.1) is 6.92 Å². The second kappa shape index (κ2) is 6.34. The molecule has 0 spiro atoms. The van der Waals surface area contributed by atoms with E-state index < -0.39 is 9.84 Å². The highest BCUT2D eigenvalue weighted by Gasteiger charge is 2.12. The fourth-order valence-electron chi connectivity index (χ4n) is 2.38. The Balaban J connectivity index is 2.13. The van der Waals surface area contributed by atoms with Crippen LogP contribution in [0.2, 0.25) is 5.02 Å². The van der Waals surface area contributed by atoms with Crippen molar-refractivity contribution in [3.63, 3.8) is 0 Å². The molecule has 0 amide bonds. The number of benzene rings is 1. The fraction of sp³-hybridized carbons (Fsp3) is 0.111. The summed E-state index contributed by atoms with van der Waals surface area (Å²) in [5.74, 6) is 0. The predicted octanol–water partition coefficient (Wildman–Crippen LogP) is 4.18. The zero-order chi connectivity index (χ0) is 17.3. The number of nitrogens with zero attached hydrogens (tertiary/aromatic N) is 2. The second-order valence-electron chi connectivity index (χ2n) is 5.53. The van der Waals surface area contributed by atoms with Crippen molar-refractivity contribution in [3.8, 4) is 22.4 Å². The maximum atomic E-state index is 11.6. The van der Waals surface area contributed by atoms with Gasteiger partial charge in [-0.3, -0.25) is 9.97 Å². The van der Waals surface area contributed by atoms with Crippen molar-refractivity contribution in [1.29, 1.82) is 0 Å². The lowest BCUT2D eigenvalue weighted by Gasteiger charge is -2.10. The molecule has 0 aliphatic rings. The summed E-state index contributed by atoms with van der Waals surface area (Å²) in [6, 6.07) is 12.4. The van der Waals surface area contributed by atoms with Crippen LogP contribution in [0.3, 0.4) is 0 Å². The van der Waals surface area contributed by atoms with Crippen molar-refractivity contribution in [1.82, 2.24) is 9.97 Å². The molecule has 0 atom stereocenters. The van der Waals surface area contributed by atoms with Gasteiger partial charge in [-0.05, 0) is 42.8 Å². The lowest BCUT2D eigenvalue weighted by atomic mass is 10.0. The molecule has 0 unspecified atom stereocenters. The van der Waals surface area contributed by atoms with Crippen LogP contribution in [0.1, 0.15) is 5.69 Å². The summed E-state index contributed by atoms with van der Waals surface area (Å²) in [6.45, 7) is 1.92. The standard InChI is InChI=1S/C18H15ClN2O2S/c1-12-3-4-14(10-20-12)18-17(9-15(19)11-21-18)13-5-7-16(8-6-13)24(2,22)23/h3-11H,1-2H3/i2-1. The number of hydrogen-bond donors (Lipinski definition) is 0. The maximum Gasteiger partial charge on any atom is 0.175 e. The first-order chi connectivity index (χ1) is 11.3. The molecule has 0 radical (unpaired) electrons. The number of aryl methyl sites for hydroxylation is 1. The van der Waals surface area contributed by atoms with Gasteiger partial charge in [0, 0.05) is 35.5 Å². The van der Waals surface area contributed by atoms with Crippen molar-refractivity contribution in [2.75, 3.05) is 6.26 Å². The number of sulfone groups is 1. The average molecular weight is 358 g/mol. The summed E-state index contributed by atoms with van der Waals surface area (Å²) in [5.41, 5.74) is 4.21. The SMILES string of the molecule is Cc1ccc(-c2ncc(Cl)cc2-c2ccc(S([11CH3])(=O)=O)cc2)cn1. The van der Waals surface area contributed by atoms with E-state index in [1.807, 2.05) is 25.1 Å². The summed E-state index contributed by atoms with van der Waals surface area (Å²) in [4.78, 5) is 9.02. The molecule has 0 aliphatic carbocycles. The van der Waals surface area contributed by atoms with E-state index in [1.54, 1.807) is 36.7 Å². The van der Waals surface area contributed by atoms with Crippen molar-refractivity contribution in [3.05, 3.63) is 65.6 Å². The maximum absolute atomic E-state index is 11.6. The fourth-order valence-corrected chi connectivity index (χ4v) is 3.17. The normalized spacial score (nSPS) is 11.5. The van der Waals surface area contributed by atoms with Gasteiger partial charge in [0.15, 0.2) is 9.84 Å². The van der Waals surface area contributed by atoms with Crippen LogP contribution in [0.15, 0.2) is 59.8 Å². The summed E-state index contributed by atoms with van der Waals surface area (Å²) in [5, 5.41) is 0.515. The monoisotopic (exact) mass is 357 g/mol. The number of aromatic nitrogens is 2. The van der Waals surface area contributed by atoms with Crippen molar-refractivity contribution < 1.29 is 8.42 Å². The molecular formula is C18H15ClN2O2S. The quantitative estimate of drug-likeness (QED) is 0.705. The smallest absolute Gasteiger partial charge is 0.175 e. The Kier molecular flexibility index (Phi) is 4.39. The minimum Gasteiger partial charge on any atom is -0.261 e. The van der Waals surface area contributed by atoms with E-state index in [-0.39, 0.29) is 4.90 Å². The van der Waals surface area contributed by atoms with Gasteiger partial charge in [-0.2, -0.15) is 0 Å². The topological polar surface area (TPSA) is 59.9 Å². The van der Waals surface area contributed by atoms with Crippen LogP contribution in [-0.2, 0) is 9.84 Å². The molecule has 0 bridgehead atoms. The van der Waals surface area contributed by atoms with Crippen LogP contribution in [0.5, 0.6) is 0 Å². The molecule has 0 saturated heterocycles. The molecular weight excluding hydrogens is 343 g/mol. The number of halogens is 1. The van der Waals surface area contributed by atoms with Gasteiger partial charge in [-0.15, -0.1) is 0 Å². The van der Waals surface area contributed by atoms with E-state index in [4.69, 9.17) is 11.6 Å². The second-order valence-corrected chi connectivity index (χ2v) is 7.99. The molecule has 24 heavy (non-hydrogen) atoms. The Morgan fingerprint density at radius 2 is 1.58 bits per heavy atom. The highest BCUT2D eigenvalue weighted by molar-refractivity contribution is 7.90. The van der Waals surface area contributed by atoms with Gasteiger partial charge in [0.25, 0.3) is 0 Å². The molecule has 1 aromatic carbocycles. The lowest BCUT2D eigenvalue weighted by molar-refractivity contribution is 0.602. The van der Waals surface area contributed by atoms with E-state index in [0.29, 0.717) is 5.02 Å². The number of pyridine rings is 2. The minimum absolute atomic E-state index is 0.278. The van der Waals surface area contributed by atoms with Crippen molar-refractivity contribution >= 4 is 21.4 Å². The van der Waals surface area contributed by atoms with Gasteiger partial charge >= 0.3 is 0 Å². The van der Waals surface area contributed by atoms with Crippen LogP contribution < -0.4 is 0 Å². The summed E-state index contributed by atoms with van der Waals surface area (Å²) < 4.78 is 23.2. The molecule has 2 heterocycles. The first kappa shape index (κ1) is 16.6. The Morgan fingerprint density at radius 3 is 2.17 bits per heavy atom. The Bertz CT molecular complexity index is 983. The third-order valence-electron chi connectivity index (χ3n) is 3.63.